The first-order valence-corrected chi connectivity index (χ1v) is 8.48. The Kier molecular flexibility index (Phi) is 5.51. The van der Waals surface area contributed by atoms with E-state index in [-0.39, 0.29) is 0 Å². The van der Waals surface area contributed by atoms with Crippen molar-refractivity contribution < 1.29 is 10.5 Å². The second kappa shape index (κ2) is 6.71. The highest BCUT2D eigenvalue weighted by Crippen LogP contribution is 2.30. The Morgan fingerprint density at radius 3 is 2.06 bits per heavy atom. The quantitative estimate of drug-likeness (QED) is 0.551. The number of ether oxygens (including phenoxy) is 1. The molecular weight excluding hydrogens is 567 g/mol. The Morgan fingerprint density at radius 2 is 1.50 bits per heavy atom. The molecule has 94 valence electrons. The van der Waals surface area contributed by atoms with Crippen LogP contribution in [0.1, 0.15) is 5.56 Å². The van der Waals surface area contributed by atoms with Gasteiger partial charge in [0.1, 0.15) is 18.0 Å². The van der Waals surface area contributed by atoms with Crippen LogP contribution in [0.3, 0.4) is 0 Å². The largest absolute Gasteiger partial charge is 0.487 e. The molecule has 0 aliphatic heterocycles. The first kappa shape index (κ1) is 14.8. The lowest BCUT2D eigenvalue weighted by atomic mass is 10.2. The number of benzene rings is 2. The third-order valence-electron chi connectivity index (χ3n) is 2.37. The van der Waals surface area contributed by atoms with Crippen molar-refractivity contribution in [1.82, 2.24) is 0 Å². The van der Waals surface area contributed by atoms with Gasteiger partial charge in [0, 0.05) is 3.57 Å². The lowest BCUT2D eigenvalue weighted by Crippen LogP contribution is -2.39. The van der Waals surface area contributed by atoms with Crippen LogP contribution in [0.2, 0.25) is 0 Å². The minimum Gasteiger partial charge on any atom is -0.487 e. The van der Waals surface area contributed by atoms with Gasteiger partial charge in [-0.25, -0.2) is 0 Å². The summed E-state index contributed by atoms with van der Waals surface area (Å²) < 4.78 is 9.44. The Balaban J connectivity index is 2.13. The fraction of sp³-hybridized carbons (Fsp3) is 0.0769. The summed E-state index contributed by atoms with van der Waals surface area (Å²) in [6.07, 6.45) is 0. The van der Waals surface area contributed by atoms with Crippen LogP contribution < -0.4 is 10.5 Å². The molecule has 0 aliphatic carbocycles. The molecule has 3 N–H and O–H groups in total. The van der Waals surface area contributed by atoms with E-state index in [1.807, 2.05) is 12.1 Å². The first-order chi connectivity index (χ1) is 8.56. The van der Waals surface area contributed by atoms with Crippen LogP contribution >= 0.6 is 67.8 Å². The summed E-state index contributed by atoms with van der Waals surface area (Å²) in [6, 6.07) is 12.4. The van der Waals surface area contributed by atoms with Crippen molar-refractivity contribution in [3.05, 3.63) is 52.7 Å². The number of hydrogen-bond acceptors (Lipinski definition) is 1. The molecule has 0 saturated heterocycles. The van der Waals surface area contributed by atoms with Gasteiger partial charge in [0.2, 0.25) is 0 Å². The molecule has 0 fully saturated rings. The molecule has 0 atom stereocenters. The Bertz CT molecular complexity index is 532. The molecule has 0 bridgehead atoms. The van der Waals surface area contributed by atoms with Crippen LogP contribution in [-0.2, 0) is 6.61 Å². The molecule has 0 aromatic heterocycles. The summed E-state index contributed by atoms with van der Waals surface area (Å²) in [5.41, 5.74) is 6.06. The fourth-order valence-corrected chi connectivity index (χ4v) is 5.35. The highest BCUT2D eigenvalue weighted by Gasteiger charge is 2.08. The molecule has 0 spiro atoms. The van der Waals surface area contributed by atoms with E-state index >= 15 is 0 Å². The summed E-state index contributed by atoms with van der Waals surface area (Å²) in [6.45, 7) is 0.590. The van der Waals surface area contributed by atoms with Crippen molar-refractivity contribution >= 4 is 73.5 Å². The van der Waals surface area contributed by atoms with E-state index in [0.717, 1.165) is 24.1 Å². The summed E-state index contributed by atoms with van der Waals surface area (Å²) in [4.78, 5) is 0. The normalized spacial score (nSPS) is 10.4. The summed E-state index contributed by atoms with van der Waals surface area (Å²) in [7, 11) is 0. The van der Waals surface area contributed by atoms with Gasteiger partial charge < -0.3 is 10.5 Å². The van der Waals surface area contributed by atoms with Gasteiger partial charge in [-0.3, -0.25) is 0 Å². The van der Waals surface area contributed by atoms with E-state index in [2.05, 4.69) is 97.8 Å². The maximum atomic E-state index is 5.91. The Hall–Kier alpha value is 0.390. The van der Waals surface area contributed by atoms with Crippen LogP contribution in [0.5, 0.6) is 5.75 Å². The third kappa shape index (κ3) is 3.94. The topological polar surface area (TPSA) is 36.9 Å². The number of rotatable bonds is 3. The van der Waals surface area contributed by atoms with Crippen LogP contribution in [0.4, 0.5) is 5.69 Å². The van der Waals surface area contributed by atoms with Gasteiger partial charge in [-0.1, -0.05) is 0 Å². The minimum absolute atomic E-state index is 0.590. The summed E-state index contributed by atoms with van der Waals surface area (Å²) in [5.74, 6) is 0.968. The van der Waals surface area contributed by atoms with Crippen molar-refractivity contribution in [1.29, 1.82) is 0 Å². The molecular formula is C13H11I3NO+. The van der Waals surface area contributed by atoms with Gasteiger partial charge >= 0.3 is 0 Å². The van der Waals surface area contributed by atoms with Crippen molar-refractivity contribution in [2.24, 2.45) is 0 Å². The van der Waals surface area contributed by atoms with Crippen molar-refractivity contribution in [2.45, 2.75) is 6.61 Å². The van der Waals surface area contributed by atoms with Crippen LogP contribution in [0.25, 0.3) is 0 Å². The summed E-state index contributed by atoms with van der Waals surface area (Å²) in [5, 5.41) is 0. The zero-order chi connectivity index (χ0) is 13.1. The van der Waals surface area contributed by atoms with E-state index in [0.29, 0.717) is 6.61 Å². The lowest BCUT2D eigenvalue weighted by molar-refractivity contribution is -0.254. The predicted molar refractivity (Wildman–Crippen MR) is 97.9 cm³/mol. The zero-order valence-electron chi connectivity index (χ0n) is 9.42. The fourth-order valence-electron chi connectivity index (χ4n) is 1.46. The molecule has 2 rings (SSSR count). The van der Waals surface area contributed by atoms with E-state index in [1.54, 1.807) is 0 Å². The number of halogens is 3. The predicted octanol–water partition coefficient (Wildman–Crippen LogP) is 3.95. The molecule has 2 aromatic rings. The number of quaternary nitrogens is 1. The highest BCUT2D eigenvalue weighted by molar-refractivity contribution is 14.1. The second-order valence-electron chi connectivity index (χ2n) is 3.80. The van der Waals surface area contributed by atoms with E-state index in [4.69, 9.17) is 4.74 Å². The number of hydrogen-bond donors (Lipinski definition) is 1. The standard InChI is InChI=1S/C13H10I3NO/c14-9-5-11(15)13(12(16)6-9)18-7-8-1-3-10(17)4-2-8/h1-6H,7,17H2/p+1. The Morgan fingerprint density at radius 1 is 0.944 bits per heavy atom. The maximum Gasteiger partial charge on any atom is 0.146 e. The van der Waals surface area contributed by atoms with Crippen molar-refractivity contribution in [3.8, 4) is 5.75 Å². The average Bonchev–Trinajstić information content (AvgIpc) is 2.30. The summed E-state index contributed by atoms with van der Waals surface area (Å²) >= 11 is 6.95. The highest BCUT2D eigenvalue weighted by atomic mass is 127. The molecule has 0 radical (unpaired) electrons. The second-order valence-corrected chi connectivity index (χ2v) is 7.37. The van der Waals surface area contributed by atoms with Crippen LogP contribution in [-0.4, -0.2) is 0 Å². The average molecular weight is 578 g/mol. The zero-order valence-corrected chi connectivity index (χ0v) is 15.9. The SMILES string of the molecule is [NH3+]c1ccc(COc2c(I)cc(I)cc2I)cc1. The molecule has 0 amide bonds. The Labute approximate surface area is 147 Å². The van der Waals surface area contributed by atoms with E-state index in [1.165, 1.54) is 3.57 Å². The molecule has 0 saturated carbocycles. The van der Waals surface area contributed by atoms with Gasteiger partial charge in [-0.15, -0.1) is 0 Å². The molecule has 0 unspecified atom stereocenters. The van der Waals surface area contributed by atoms with E-state index in [9.17, 15) is 0 Å². The molecule has 18 heavy (non-hydrogen) atoms. The lowest BCUT2D eigenvalue weighted by Gasteiger charge is -2.11. The van der Waals surface area contributed by atoms with Crippen molar-refractivity contribution in [3.63, 3.8) is 0 Å². The third-order valence-corrected chi connectivity index (χ3v) is 4.59. The molecule has 0 aliphatic rings. The first-order valence-electron chi connectivity index (χ1n) is 5.24. The van der Waals surface area contributed by atoms with Gasteiger partial charge in [-0.2, -0.15) is 0 Å². The van der Waals surface area contributed by atoms with Crippen LogP contribution in [0, 0.1) is 10.7 Å². The van der Waals surface area contributed by atoms with Gasteiger partial charge in [-0.05, 0) is 110 Å². The minimum atomic E-state index is 0.590. The molecule has 5 heteroatoms. The monoisotopic (exact) mass is 578 g/mol. The molecule has 2 aromatic carbocycles. The van der Waals surface area contributed by atoms with Crippen LogP contribution in [0.15, 0.2) is 36.4 Å². The van der Waals surface area contributed by atoms with Gasteiger partial charge in [0.05, 0.1) is 7.14 Å². The smallest absolute Gasteiger partial charge is 0.146 e. The molecule has 2 nitrogen and oxygen atoms in total. The van der Waals surface area contributed by atoms with Gasteiger partial charge in [0.15, 0.2) is 0 Å². The maximum absolute atomic E-state index is 5.91. The molecule has 0 heterocycles. The van der Waals surface area contributed by atoms with Gasteiger partial charge in [0.25, 0.3) is 0 Å². The van der Waals surface area contributed by atoms with Crippen molar-refractivity contribution in [2.75, 3.05) is 0 Å². The van der Waals surface area contributed by atoms with E-state index < -0.39 is 0 Å².